The molecule has 0 saturated heterocycles. The molecule has 0 unspecified atom stereocenters. The molecule has 0 spiro atoms. The van der Waals surface area contributed by atoms with Crippen LogP contribution in [0.3, 0.4) is 0 Å². The Morgan fingerprint density at radius 3 is 2.38 bits per heavy atom. The number of nitrogens with one attached hydrogen (secondary N) is 1. The summed E-state index contributed by atoms with van der Waals surface area (Å²) in [6.07, 6.45) is 0. The number of anilines is 1. The van der Waals surface area contributed by atoms with E-state index in [1.54, 1.807) is 48.5 Å². The lowest BCUT2D eigenvalue weighted by atomic mass is 10.2. The zero-order chi connectivity index (χ0) is 20.1. The van der Waals surface area contributed by atoms with Gasteiger partial charge < -0.3 is 14.5 Å². The average molecular weight is 406 g/mol. The van der Waals surface area contributed by atoms with E-state index in [-0.39, 0.29) is 12.5 Å². The number of ether oxygens (including phenoxy) is 1. The molecule has 1 N–H and O–H groups in total. The molecule has 0 radical (unpaired) electrons. The first kappa shape index (κ1) is 18.7. The molecule has 4 aromatic rings. The lowest BCUT2D eigenvalue weighted by molar-refractivity contribution is 0.102. The number of aromatic nitrogens is 2. The third-order valence-corrected chi connectivity index (χ3v) is 4.32. The van der Waals surface area contributed by atoms with Crippen LogP contribution in [0.5, 0.6) is 5.75 Å². The average Bonchev–Trinajstić information content (AvgIpc) is 3.23. The van der Waals surface area contributed by atoms with Crippen molar-refractivity contribution in [3.8, 4) is 17.2 Å². The van der Waals surface area contributed by atoms with Crippen LogP contribution in [0.25, 0.3) is 11.5 Å². The highest BCUT2D eigenvalue weighted by atomic mass is 35.5. The second-order valence-corrected chi connectivity index (χ2v) is 6.58. The van der Waals surface area contributed by atoms with Gasteiger partial charge >= 0.3 is 0 Å². The molecule has 6 nitrogen and oxygen atoms in total. The minimum Gasteiger partial charge on any atom is -0.484 e. The number of carbonyl (C=O) groups excluding carboxylic acids is 1. The molecule has 1 heterocycles. The summed E-state index contributed by atoms with van der Waals surface area (Å²) in [5.74, 6) is 1.21. The molecule has 0 fully saturated rings. The van der Waals surface area contributed by atoms with Crippen LogP contribution in [-0.4, -0.2) is 16.1 Å². The topological polar surface area (TPSA) is 77.2 Å². The van der Waals surface area contributed by atoms with Crippen LogP contribution in [0.1, 0.15) is 16.2 Å². The second-order valence-electron chi connectivity index (χ2n) is 6.14. The summed E-state index contributed by atoms with van der Waals surface area (Å²) < 4.78 is 11.3. The van der Waals surface area contributed by atoms with Crippen LogP contribution in [0.15, 0.2) is 83.3 Å². The van der Waals surface area contributed by atoms with Gasteiger partial charge in [-0.05, 0) is 60.7 Å². The monoisotopic (exact) mass is 405 g/mol. The third kappa shape index (κ3) is 4.80. The van der Waals surface area contributed by atoms with Gasteiger partial charge in [-0.1, -0.05) is 29.8 Å². The Kier molecular flexibility index (Phi) is 5.54. The number of hydrogen-bond donors (Lipinski definition) is 1. The van der Waals surface area contributed by atoms with E-state index in [2.05, 4.69) is 15.5 Å². The van der Waals surface area contributed by atoms with Gasteiger partial charge in [0.1, 0.15) is 5.75 Å². The number of amides is 1. The molecule has 29 heavy (non-hydrogen) atoms. The summed E-state index contributed by atoms with van der Waals surface area (Å²) in [5.41, 5.74) is 2.06. The standard InChI is InChI=1S/C22H16ClN3O3/c23-17-8-6-16(7-9-17)22-26-25-20(29-22)14-28-19-12-10-18(11-13-19)24-21(27)15-4-2-1-3-5-15/h1-13H,14H2,(H,24,27). The number of halogens is 1. The van der Waals surface area contributed by atoms with Crippen LogP contribution in [0, 0.1) is 0 Å². The van der Waals surface area contributed by atoms with Crippen molar-refractivity contribution in [1.82, 2.24) is 10.2 Å². The molecular weight excluding hydrogens is 390 g/mol. The fourth-order valence-electron chi connectivity index (χ4n) is 2.59. The minimum absolute atomic E-state index is 0.135. The van der Waals surface area contributed by atoms with Crippen molar-refractivity contribution in [3.05, 3.63) is 95.3 Å². The van der Waals surface area contributed by atoms with Crippen LogP contribution in [-0.2, 0) is 6.61 Å². The zero-order valence-corrected chi connectivity index (χ0v) is 16.0. The van der Waals surface area contributed by atoms with Gasteiger partial charge in [0, 0.05) is 21.8 Å². The van der Waals surface area contributed by atoms with Crippen LogP contribution in [0.4, 0.5) is 5.69 Å². The molecule has 1 aromatic heterocycles. The predicted molar refractivity (Wildman–Crippen MR) is 110 cm³/mol. The third-order valence-electron chi connectivity index (χ3n) is 4.07. The Balaban J connectivity index is 1.34. The second kappa shape index (κ2) is 8.58. The quantitative estimate of drug-likeness (QED) is 0.475. The summed E-state index contributed by atoms with van der Waals surface area (Å²) in [6, 6.07) is 23.2. The maximum atomic E-state index is 12.2. The molecule has 3 aromatic carbocycles. The first-order valence-corrected chi connectivity index (χ1v) is 9.23. The van der Waals surface area contributed by atoms with Gasteiger partial charge in [-0.15, -0.1) is 10.2 Å². The molecule has 0 saturated carbocycles. The number of hydrogen-bond acceptors (Lipinski definition) is 5. The number of benzene rings is 3. The first-order valence-electron chi connectivity index (χ1n) is 8.85. The Labute approximate surface area is 172 Å². The van der Waals surface area contributed by atoms with Gasteiger partial charge in [0.2, 0.25) is 5.89 Å². The molecule has 144 valence electrons. The summed E-state index contributed by atoms with van der Waals surface area (Å²) in [5, 5.41) is 11.5. The largest absolute Gasteiger partial charge is 0.484 e. The van der Waals surface area contributed by atoms with Crippen molar-refractivity contribution in [2.24, 2.45) is 0 Å². The molecule has 0 atom stereocenters. The summed E-state index contributed by atoms with van der Waals surface area (Å²) >= 11 is 5.88. The fraction of sp³-hybridized carbons (Fsp3) is 0.0455. The van der Waals surface area contributed by atoms with Crippen LogP contribution in [0.2, 0.25) is 5.02 Å². The highest BCUT2D eigenvalue weighted by molar-refractivity contribution is 6.30. The maximum Gasteiger partial charge on any atom is 0.255 e. The van der Waals surface area contributed by atoms with Crippen molar-refractivity contribution in [2.45, 2.75) is 6.61 Å². The van der Waals surface area contributed by atoms with Crippen molar-refractivity contribution in [2.75, 3.05) is 5.32 Å². The van der Waals surface area contributed by atoms with Crippen LogP contribution < -0.4 is 10.1 Å². The molecule has 1 amide bonds. The van der Waals surface area contributed by atoms with Crippen molar-refractivity contribution in [3.63, 3.8) is 0 Å². The summed E-state index contributed by atoms with van der Waals surface area (Å²) in [7, 11) is 0. The number of rotatable bonds is 6. The predicted octanol–water partition coefficient (Wildman–Crippen LogP) is 5.22. The smallest absolute Gasteiger partial charge is 0.255 e. The molecule has 0 aliphatic heterocycles. The van der Waals surface area contributed by atoms with Gasteiger partial charge in [-0.3, -0.25) is 4.79 Å². The summed E-state index contributed by atoms with van der Waals surface area (Å²) in [4.78, 5) is 12.2. The Bertz CT molecular complexity index is 1090. The lowest BCUT2D eigenvalue weighted by Crippen LogP contribution is -2.11. The maximum absolute atomic E-state index is 12.2. The van der Waals surface area contributed by atoms with E-state index >= 15 is 0 Å². The van der Waals surface area contributed by atoms with Crippen LogP contribution >= 0.6 is 11.6 Å². The highest BCUT2D eigenvalue weighted by Gasteiger charge is 2.10. The van der Waals surface area contributed by atoms with E-state index in [1.165, 1.54) is 0 Å². The van der Waals surface area contributed by atoms with Crippen molar-refractivity contribution < 1.29 is 13.9 Å². The van der Waals surface area contributed by atoms with E-state index in [9.17, 15) is 4.79 Å². The zero-order valence-electron chi connectivity index (χ0n) is 15.2. The molecule has 7 heteroatoms. The van der Waals surface area contributed by atoms with Crippen molar-refractivity contribution >= 4 is 23.2 Å². The van der Waals surface area contributed by atoms with Crippen molar-refractivity contribution in [1.29, 1.82) is 0 Å². The number of carbonyl (C=O) groups is 1. The SMILES string of the molecule is O=C(Nc1ccc(OCc2nnc(-c3ccc(Cl)cc3)o2)cc1)c1ccccc1. The van der Waals surface area contributed by atoms with Gasteiger partial charge in [0.05, 0.1) is 0 Å². The molecule has 0 aliphatic rings. The lowest BCUT2D eigenvalue weighted by Gasteiger charge is -2.07. The van der Waals surface area contributed by atoms with E-state index in [4.69, 9.17) is 20.8 Å². The van der Waals surface area contributed by atoms with E-state index in [0.717, 1.165) is 5.56 Å². The molecular formula is C22H16ClN3O3. The summed E-state index contributed by atoms with van der Waals surface area (Å²) in [6.45, 7) is 0.135. The first-order chi connectivity index (χ1) is 14.2. The van der Waals surface area contributed by atoms with Gasteiger partial charge in [0.15, 0.2) is 6.61 Å². The van der Waals surface area contributed by atoms with E-state index in [0.29, 0.717) is 33.8 Å². The van der Waals surface area contributed by atoms with E-state index in [1.807, 2.05) is 30.3 Å². The van der Waals surface area contributed by atoms with Gasteiger partial charge in [-0.25, -0.2) is 0 Å². The Hall–Kier alpha value is -3.64. The van der Waals surface area contributed by atoms with Gasteiger partial charge in [-0.2, -0.15) is 0 Å². The van der Waals surface area contributed by atoms with E-state index < -0.39 is 0 Å². The minimum atomic E-state index is -0.167. The van der Waals surface area contributed by atoms with Gasteiger partial charge in [0.25, 0.3) is 11.8 Å². The molecule has 4 rings (SSSR count). The Morgan fingerprint density at radius 1 is 0.931 bits per heavy atom. The fourth-order valence-corrected chi connectivity index (χ4v) is 2.72. The number of nitrogens with zero attached hydrogens (tertiary/aromatic N) is 2. The normalized spacial score (nSPS) is 10.5. The molecule has 0 bridgehead atoms. The Morgan fingerprint density at radius 2 is 1.66 bits per heavy atom. The highest BCUT2D eigenvalue weighted by Crippen LogP contribution is 2.21. The molecule has 0 aliphatic carbocycles.